The van der Waals surface area contributed by atoms with Crippen LogP contribution in [-0.4, -0.2) is 19.6 Å². The molecule has 16 heavy (non-hydrogen) atoms. The minimum atomic E-state index is 0.367. The van der Waals surface area contributed by atoms with Gasteiger partial charge in [0.2, 0.25) is 0 Å². The summed E-state index contributed by atoms with van der Waals surface area (Å²) in [6.07, 6.45) is 3.45. The molecule has 0 aliphatic carbocycles. The van der Waals surface area contributed by atoms with Gasteiger partial charge in [-0.15, -0.1) is 21.5 Å². The second-order valence-corrected chi connectivity index (χ2v) is 6.24. The summed E-state index contributed by atoms with van der Waals surface area (Å²) in [4.78, 5) is 3.96. The van der Waals surface area contributed by atoms with Crippen molar-refractivity contribution in [1.29, 1.82) is 0 Å². The van der Waals surface area contributed by atoms with Crippen LogP contribution in [0.25, 0.3) is 17.0 Å². The van der Waals surface area contributed by atoms with Gasteiger partial charge < -0.3 is 0 Å². The summed E-state index contributed by atoms with van der Waals surface area (Å²) in [6.45, 7) is 0. The Morgan fingerprint density at radius 1 is 1.38 bits per heavy atom. The molecule has 3 rings (SSSR count). The highest BCUT2D eigenvalue weighted by atomic mass is 127. The van der Waals surface area contributed by atoms with E-state index in [1.165, 1.54) is 2.88 Å². The minimum Gasteiger partial charge on any atom is -0.278 e. The van der Waals surface area contributed by atoms with Crippen LogP contribution in [-0.2, 0) is 0 Å². The van der Waals surface area contributed by atoms with Crippen LogP contribution in [0.2, 0.25) is 5.15 Å². The Kier molecular flexibility index (Phi) is 2.56. The van der Waals surface area contributed by atoms with Gasteiger partial charge in [0, 0.05) is 23.3 Å². The lowest BCUT2D eigenvalue weighted by atomic mass is 10.3. The Morgan fingerprint density at radius 2 is 2.25 bits per heavy atom. The van der Waals surface area contributed by atoms with Crippen LogP contribution < -0.4 is 0 Å². The predicted octanol–water partition coefficient (Wildman–Crippen LogP) is 3.11. The van der Waals surface area contributed by atoms with Gasteiger partial charge in [0.05, 0.1) is 2.88 Å². The van der Waals surface area contributed by atoms with Gasteiger partial charge in [-0.05, 0) is 28.7 Å². The molecule has 0 spiro atoms. The van der Waals surface area contributed by atoms with Crippen molar-refractivity contribution in [3.05, 3.63) is 31.9 Å². The molecule has 4 nitrogen and oxygen atoms in total. The molecule has 0 aliphatic heterocycles. The smallest absolute Gasteiger partial charge is 0.198 e. The molecular formula is C9H4ClIN4S. The molecule has 0 aliphatic rings. The second kappa shape index (κ2) is 3.94. The summed E-state index contributed by atoms with van der Waals surface area (Å²) in [5, 5.41) is 10.6. The number of thiophene rings is 1. The van der Waals surface area contributed by atoms with Crippen molar-refractivity contribution in [2.24, 2.45) is 0 Å². The van der Waals surface area contributed by atoms with Crippen LogP contribution in [0, 0.1) is 2.88 Å². The van der Waals surface area contributed by atoms with Crippen molar-refractivity contribution in [3.8, 4) is 11.4 Å². The van der Waals surface area contributed by atoms with Crippen LogP contribution in [0.3, 0.4) is 0 Å². The van der Waals surface area contributed by atoms with Crippen LogP contribution in [0.5, 0.6) is 0 Å². The molecule has 0 saturated carbocycles. The van der Waals surface area contributed by atoms with Gasteiger partial charge in [-0.3, -0.25) is 4.40 Å². The molecule has 3 heterocycles. The van der Waals surface area contributed by atoms with Crippen LogP contribution in [0.4, 0.5) is 0 Å². The number of aromatic nitrogens is 4. The first-order valence-corrected chi connectivity index (χ1v) is 6.69. The van der Waals surface area contributed by atoms with E-state index in [9.17, 15) is 0 Å². The molecular weight excluding hydrogens is 359 g/mol. The summed E-state index contributed by atoms with van der Waals surface area (Å²) >= 11 is 9.88. The third-order valence-corrected chi connectivity index (χ3v) is 4.17. The van der Waals surface area contributed by atoms with Gasteiger partial charge in [-0.2, -0.15) is 0 Å². The van der Waals surface area contributed by atoms with Gasteiger partial charge in [0.15, 0.2) is 16.6 Å². The van der Waals surface area contributed by atoms with E-state index in [2.05, 4.69) is 43.8 Å². The molecule has 0 saturated heterocycles. The molecule has 0 fully saturated rings. The maximum absolute atomic E-state index is 5.93. The molecule has 0 radical (unpaired) electrons. The second-order valence-electron chi connectivity index (χ2n) is 3.07. The lowest BCUT2D eigenvalue weighted by Crippen LogP contribution is -1.89. The maximum Gasteiger partial charge on any atom is 0.198 e. The van der Waals surface area contributed by atoms with E-state index in [0.29, 0.717) is 10.8 Å². The molecule has 3 aromatic heterocycles. The van der Waals surface area contributed by atoms with Crippen molar-refractivity contribution >= 4 is 51.2 Å². The Morgan fingerprint density at radius 3 is 3.00 bits per heavy atom. The topological polar surface area (TPSA) is 43.1 Å². The number of hydrogen-bond acceptors (Lipinski definition) is 4. The Bertz CT molecular complexity index is 662. The van der Waals surface area contributed by atoms with E-state index in [-0.39, 0.29) is 0 Å². The molecule has 0 unspecified atom stereocenters. The first kappa shape index (κ1) is 10.4. The number of halogens is 2. The molecule has 0 aromatic carbocycles. The summed E-state index contributed by atoms with van der Waals surface area (Å²) < 4.78 is 3.05. The standard InChI is InChI=1S/C9H4ClIN4S/c10-7-9-14-13-8(15(9)2-1-12-7)5-3-6(11)16-4-5/h1-4H. The zero-order valence-corrected chi connectivity index (χ0v) is 11.5. The molecule has 0 N–H and O–H groups in total. The maximum atomic E-state index is 5.93. The van der Waals surface area contributed by atoms with E-state index in [0.717, 1.165) is 11.4 Å². The zero-order chi connectivity index (χ0) is 11.1. The third-order valence-electron chi connectivity index (χ3n) is 2.11. The van der Waals surface area contributed by atoms with Crippen molar-refractivity contribution in [1.82, 2.24) is 19.6 Å². The van der Waals surface area contributed by atoms with E-state index < -0.39 is 0 Å². The van der Waals surface area contributed by atoms with Gasteiger partial charge in [0.1, 0.15) is 0 Å². The minimum absolute atomic E-state index is 0.367. The third kappa shape index (κ3) is 1.61. The average molecular weight is 363 g/mol. The number of rotatable bonds is 1. The molecule has 7 heteroatoms. The first-order valence-electron chi connectivity index (χ1n) is 4.35. The van der Waals surface area contributed by atoms with Crippen LogP contribution >= 0.6 is 45.5 Å². The lowest BCUT2D eigenvalue weighted by molar-refractivity contribution is 1.11. The summed E-state index contributed by atoms with van der Waals surface area (Å²) in [7, 11) is 0. The molecule has 0 amide bonds. The van der Waals surface area contributed by atoms with E-state index in [1.807, 2.05) is 9.78 Å². The van der Waals surface area contributed by atoms with Crippen LogP contribution in [0.15, 0.2) is 23.8 Å². The number of nitrogens with zero attached hydrogens (tertiary/aromatic N) is 4. The first-order chi connectivity index (χ1) is 7.75. The average Bonchev–Trinajstić information content (AvgIpc) is 2.84. The van der Waals surface area contributed by atoms with Crippen molar-refractivity contribution in [2.75, 3.05) is 0 Å². The van der Waals surface area contributed by atoms with Crippen molar-refractivity contribution < 1.29 is 0 Å². The highest BCUT2D eigenvalue weighted by Gasteiger charge is 2.11. The summed E-state index contributed by atoms with van der Waals surface area (Å²) in [5.41, 5.74) is 1.63. The van der Waals surface area contributed by atoms with E-state index in [4.69, 9.17) is 11.6 Å². The summed E-state index contributed by atoms with van der Waals surface area (Å²) in [6, 6.07) is 2.07. The Balaban J connectivity index is 2.29. The van der Waals surface area contributed by atoms with E-state index in [1.54, 1.807) is 23.7 Å². The SMILES string of the molecule is Clc1nccn2c(-c3csc(I)c3)nnc12. The monoisotopic (exact) mass is 362 g/mol. The zero-order valence-electron chi connectivity index (χ0n) is 7.76. The van der Waals surface area contributed by atoms with Gasteiger partial charge >= 0.3 is 0 Å². The summed E-state index contributed by atoms with van der Waals surface area (Å²) in [5.74, 6) is 0.790. The lowest BCUT2D eigenvalue weighted by Gasteiger charge is -1.96. The van der Waals surface area contributed by atoms with Gasteiger partial charge in [-0.25, -0.2) is 4.98 Å². The van der Waals surface area contributed by atoms with Crippen molar-refractivity contribution in [3.63, 3.8) is 0 Å². The largest absolute Gasteiger partial charge is 0.278 e. The van der Waals surface area contributed by atoms with E-state index >= 15 is 0 Å². The molecule has 0 atom stereocenters. The normalized spacial score (nSPS) is 11.1. The fraction of sp³-hybridized carbons (Fsp3) is 0. The fourth-order valence-corrected chi connectivity index (χ4v) is 2.93. The number of hydrogen-bond donors (Lipinski definition) is 0. The Labute approximate surface area is 113 Å². The quantitative estimate of drug-likeness (QED) is 0.625. The van der Waals surface area contributed by atoms with Crippen molar-refractivity contribution in [2.45, 2.75) is 0 Å². The Hall–Kier alpha value is -0.730. The van der Waals surface area contributed by atoms with Crippen LogP contribution in [0.1, 0.15) is 0 Å². The molecule has 80 valence electrons. The highest BCUT2D eigenvalue weighted by Crippen LogP contribution is 2.26. The fourth-order valence-electron chi connectivity index (χ4n) is 1.42. The highest BCUT2D eigenvalue weighted by molar-refractivity contribution is 14.1. The molecule has 3 aromatic rings. The van der Waals surface area contributed by atoms with Gasteiger partial charge in [0.25, 0.3) is 0 Å². The predicted molar refractivity (Wildman–Crippen MR) is 71.8 cm³/mol. The molecule has 0 bridgehead atoms. The number of fused-ring (bicyclic) bond motifs is 1. The van der Waals surface area contributed by atoms with Gasteiger partial charge in [-0.1, -0.05) is 11.6 Å².